The van der Waals surface area contributed by atoms with Gasteiger partial charge in [-0.3, -0.25) is 14.4 Å². The Morgan fingerprint density at radius 2 is 2.21 bits per heavy atom. The third-order valence-electron chi connectivity index (χ3n) is 2.89. The summed E-state index contributed by atoms with van der Waals surface area (Å²) >= 11 is 0. The van der Waals surface area contributed by atoms with Crippen molar-refractivity contribution in [2.24, 2.45) is 5.92 Å². The lowest BCUT2D eigenvalue weighted by molar-refractivity contribution is -0.170. The topological polar surface area (TPSA) is 46.6 Å². The molecule has 0 aromatic heterocycles. The van der Waals surface area contributed by atoms with E-state index in [2.05, 4.69) is 6.08 Å². The van der Waals surface area contributed by atoms with Crippen molar-refractivity contribution in [1.29, 1.82) is 0 Å². The minimum absolute atomic E-state index is 0.103. The number of carbonyl (C=O) groups is 2. The SMILES string of the molecule is CC1=[C]C(=O)C(C(F)(F)F)C=C1C(=O)N1CCCO1. The Hall–Kier alpha value is -1.63. The summed E-state index contributed by atoms with van der Waals surface area (Å²) in [5, 5.41) is 1.01. The van der Waals surface area contributed by atoms with E-state index >= 15 is 0 Å². The Morgan fingerprint density at radius 1 is 1.53 bits per heavy atom. The smallest absolute Gasteiger partial charge is 0.293 e. The number of halogens is 3. The van der Waals surface area contributed by atoms with Gasteiger partial charge in [0.1, 0.15) is 5.92 Å². The van der Waals surface area contributed by atoms with Crippen LogP contribution in [0.3, 0.4) is 0 Å². The molecule has 0 aromatic carbocycles. The van der Waals surface area contributed by atoms with Gasteiger partial charge >= 0.3 is 6.18 Å². The third kappa shape index (κ3) is 2.70. The van der Waals surface area contributed by atoms with Crippen LogP contribution in [-0.4, -0.2) is 36.1 Å². The summed E-state index contributed by atoms with van der Waals surface area (Å²) in [6, 6.07) is 0. The van der Waals surface area contributed by atoms with Gasteiger partial charge in [-0.15, -0.1) is 0 Å². The number of hydrogen-bond donors (Lipinski definition) is 0. The van der Waals surface area contributed by atoms with E-state index in [4.69, 9.17) is 4.84 Å². The summed E-state index contributed by atoms with van der Waals surface area (Å²) in [5.41, 5.74) is -0.0742. The molecular formula is C12H11F3NO3. The van der Waals surface area contributed by atoms with Crippen LogP contribution in [0, 0.1) is 12.0 Å². The molecule has 103 valence electrons. The van der Waals surface area contributed by atoms with Crippen molar-refractivity contribution in [3.8, 4) is 0 Å². The van der Waals surface area contributed by atoms with Crippen LogP contribution in [0.4, 0.5) is 13.2 Å². The highest BCUT2D eigenvalue weighted by atomic mass is 19.4. The van der Waals surface area contributed by atoms with Gasteiger partial charge in [-0.25, -0.2) is 5.06 Å². The van der Waals surface area contributed by atoms with E-state index in [9.17, 15) is 22.8 Å². The van der Waals surface area contributed by atoms with Crippen molar-refractivity contribution in [3.05, 3.63) is 23.3 Å². The minimum Gasteiger partial charge on any atom is -0.293 e. The van der Waals surface area contributed by atoms with Crippen LogP contribution in [0.5, 0.6) is 0 Å². The normalized spacial score (nSPS) is 24.3. The van der Waals surface area contributed by atoms with E-state index in [1.165, 1.54) is 6.92 Å². The quantitative estimate of drug-likeness (QED) is 0.729. The Balaban J connectivity index is 2.29. The first-order valence-electron chi connectivity index (χ1n) is 5.69. The van der Waals surface area contributed by atoms with Crippen LogP contribution < -0.4 is 0 Å². The fraction of sp³-hybridized carbons (Fsp3) is 0.500. The largest absolute Gasteiger partial charge is 0.402 e. The maximum atomic E-state index is 12.7. The number of nitrogens with zero attached hydrogens (tertiary/aromatic N) is 1. The molecule has 7 heteroatoms. The predicted octanol–water partition coefficient (Wildman–Crippen LogP) is 1.59. The minimum atomic E-state index is -4.72. The van der Waals surface area contributed by atoms with Crippen LogP contribution in [0.1, 0.15) is 13.3 Å². The molecule has 4 nitrogen and oxygen atoms in total. The van der Waals surface area contributed by atoms with Gasteiger partial charge in [0.15, 0.2) is 5.78 Å². The predicted molar refractivity (Wildman–Crippen MR) is 57.3 cm³/mol. The zero-order valence-corrected chi connectivity index (χ0v) is 10.1. The summed E-state index contributed by atoms with van der Waals surface area (Å²) in [6.45, 7) is 2.06. The molecule has 1 saturated heterocycles. The van der Waals surface area contributed by atoms with Gasteiger partial charge in [0, 0.05) is 11.6 Å². The van der Waals surface area contributed by atoms with Crippen LogP contribution in [0.2, 0.25) is 0 Å². The van der Waals surface area contributed by atoms with Crippen molar-refractivity contribution in [2.45, 2.75) is 19.5 Å². The molecule has 1 aliphatic carbocycles. The number of allylic oxidation sites excluding steroid dienone is 2. The zero-order valence-electron chi connectivity index (χ0n) is 10.1. The van der Waals surface area contributed by atoms with Gasteiger partial charge in [0.05, 0.1) is 13.2 Å². The van der Waals surface area contributed by atoms with E-state index in [0.29, 0.717) is 25.6 Å². The van der Waals surface area contributed by atoms with Gasteiger partial charge < -0.3 is 0 Å². The van der Waals surface area contributed by atoms with Gasteiger partial charge in [0.2, 0.25) is 0 Å². The Kier molecular flexibility index (Phi) is 3.49. The number of ketones is 1. The molecule has 0 spiro atoms. The number of hydrogen-bond acceptors (Lipinski definition) is 3. The van der Waals surface area contributed by atoms with Gasteiger partial charge in [-0.05, 0) is 18.9 Å². The van der Waals surface area contributed by atoms with E-state index < -0.39 is 23.8 Å². The molecule has 1 aliphatic heterocycles. The summed E-state index contributed by atoms with van der Waals surface area (Å²) in [6.07, 6.45) is -1.36. The molecule has 1 unspecified atom stereocenters. The highest BCUT2D eigenvalue weighted by molar-refractivity contribution is 6.03. The van der Waals surface area contributed by atoms with Crippen molar-refractivity contribution in [3.63, 3.8) is 0 Å². The summed E-state index contributed by atoms with van der Waals surface area (Å²) in [5.74, 6) is -4.15. The molecule has 2 aliphatic rings. The van der Waals surface area contributed by atoms with Crippen molar-refractivity contribution >= 4 is 11.7 Å². The number of carbonyl (C=O) groups excluding carboxylic acids is 2. The number of rotatable bonds is 1. The van der Waals surface area contributed by atoms with Crippen LogP contribution >= 0.6 is 0 Å². The fourth-order valence-corrected chi connectivity index (χ4v) is 1.91. The average molecular weight is 274 g/mol. The van der Waals surface area contributed by atoms with Crippen molar-refractivity contribution in [1.82, 2.24) is 5.06 Å². The van der Waals surface area contributed by atoms with Gasteiger partial charge in [-0.2, -0.15) is 13.2 Å². The van der Waals surface area contributed by atoms with Gasteiger partial charge in [-0.1, -0.05) is 6.08 Å². The van der Waals surface area contributed by atoms with E-state index in [1.807, 2.05) is 0 Å². The summed E-state index contributed by atoms with van der Waals surface area (Å²) in [4.78, 5) is 28.3. The second-order valence-corrected chi connectivity index (χ2v) is 4.31. The number of alkyl halides is 3. The highest BCUT2D eigenvalue weighted by Crippen LogP contribution is 2.34. The van der Waals surface area contributed by atoms with Gasteiger partial charge in [0.25, 0.3) is 5.91 Å². The Morgan fingerprint density at radius 3 is 2.74 bits per heavy atom. The first kappa shape index (κ1) is 13.8. The van der Waals surface area contributed by atoms with Crippen molar-refractivity contribution in [2.75, 3.05) is 13.2 Å². The molecule has 1 radical (unpaired) electrons. The molecule has 1 amide bonds. The average Bonchev–Trinajstić information content (AvgIpc) is 2.79. The highest BCUT2D eigenvalue weighted by Gasteiger charge is 2.45. The molecule has 1 fully saturated rings. The molecule has 1 heterocycles. The number of amides is 1. The summed E-state index contributed by atoms with van der Waals surface area (Å²) < 4.78 is 38.0. The maximum absolute atomic E-state index is 12.7. The first-order valence-corrected chi connectivity index (χ1v) is 5.69. The van der Waals surface area contributed by atoms with Crippen LogP contribution in [-0.2, 0) is 14.4 Å². The third-order valence-corrected chi connectivity index (χ3v) is 2.89. The van der Waals surface area contributed by atoms with E-state index in [-0.39, 0.29) is 11.1 Å². The monoisotopic (exact) mass is 274 g/mol. The Labute approximate surface area is 107 Å². The molecule has 0 bridgehead atoms. The molecule has 0 saturated carbocycles. The van der Waals surface area contributed by atoms with Crippen LogP contribution in [0.15, 0.2) is 17.2 Å². The Bertz CT molecular complexity index is 473. The van der Waals surface area contributed by atoms with E-state index in [1.54, 1.807) is 0 Å². The molecular weight excluding hydrogens is 263 g/mol. The second-order valence-electron chi connectivity index (χ2n) is 4.31. The molecule has 0 aromatic rings. The molecule has 0 N–H and O–H groups in total. The number of Topliss-reactive ketones (excluding diaryl/α,β-unsaturated/α-hetero) is 1. The standard InChI is InChI=1S/C12H11F3NO3/c1-7-5-10(17)9(12(13,14)15)6-8(7)11(18)16-3-2-4-19-16/h6,9H,2-4H2,1H3. The first-order chi connectivity index (χ1) is 8.80. The number of hydroxylamine groups is 2. The lowest BCUT2D eigenvalue weighted by Gasteiger charge is -2.22. The lowest BCUT2D eigenvalue weighted by Crippen LogP contribution is -2.35. The molecule has 1 atom stereocenters. The molecule has 2 rings (SSSR count). The fourth-order valence-electron chi connectivity index (χ4n) is 1.91. The van der Waals surface area contributed by atoms with E-state index in [0.717, 1.165) is 5.06 Å². The van der Waals surface area contributed by atoms with Crippen molar-refractivity contribution < 1.29 is 27.6 Å². The molecule has 19 heavy (non-hydrogen) atoms. The maximum Gasteiger partial charge on any atom is 0.402 e. The second kappa shape index (κ2) is 4.80. The zero-order chi connectivity index (χ0) is 14.2. The lowest BCUT2D eigenvalue weighted by atomic mass is 9.89. The van der Waals surface area contributed by atoms with Crippen LogP contribution in [0.25, 0.3) is 0 Å². The summed E-state index contributed by atoms with van der Waals surface area (Å²) in [7, 11) is 0.